The Morgan fingerprint density at radius 1 is 1.14 bits per heavy atom. The predicted molar refractivity (Wildman–Crippen MR) is 86.5 cm³/mol. The van der Waals surface area contributed by atoms with E-state index in [1.54, 1.807) is 23.1 Å². The molecule has 0 radical (unpaired) electrons. The molecule has 1 fully saturated rings. The van der Waals surface area contributed by atoms with E-state index in [4.69, 9.17) is 11.6 Å². The molecule has 114 valence electrons. The lowest BCUT2D eigenvalue weighted by atomic mass is 10.1. The first-order valence-electron chi connectivity index (χ1n) is 6.93. The lowest BCUT2D eigenvalue weighted by Gasteiger charge is -2.35. The number of piperazine rings is 1. The molecule has 21 heavy (non-hydrogen) atoms. The van der Waals surface area contributed by atoms with Gasteiger partial charge in [-0.3, -0.25) is 9.59 Å². The summed E-state index contributed by atoms with van der Waals surface area (Å²) in [5, 5.41) is 0.448. The summed E-state index contributed by atoms with van der Waals surface area (Å²) < 4.78 is 0.823. The van der Waals surface area contributed by atoms with Crippen LogP contribution in [0, 0.1) is 5.92 Å². The summed E-state index contributed by atoms with van der Waals surface area (Å²) >= 11 is 9.45. The van der Waals surface area contributed by atoms with Gasteiger partial charge >= 0.3 is 0 Å². The second kappa shape index (κ2) is 6.79. The molecule has 0 saturated carbocycles. The van der Waals surface area contributed by atoms with Gasteiger partial charge in [-0.05, 0) is 18.2 Å². The number of carbonyl (C=O) groups is 2. The van der Waals surface area contributed by atoms with Gasteiger partial charge in [-0.2, -0.15) is 0 Å². The second-order valence-corrected chi connectivity index (χ2v) is 6.72. The molecule has 1 heterocycles. The number of nitrogens with zero attached hydrogens (tertiary/aromatic N) is 2. The van der Waals surface area contributed by atoms with E-state index in [9.17, 15) is 9.59 Å². The lowest BCUT2D eigenvalue weighted by molar-refractivity contribution is -0.135. The van der Waals surface area contributed by atoms with Crippen molar-refractivity contribution in [1.29, 1.82) is 0 Å². The maximum absolute atomic E-state index is 12.5. The smallest absolute Gasteiger partial charge is 0.255 e. The van der Waals surface area contributed by atoms with E-state index in [-0.39, 0.29) is 17.7 Å². The normalized spacial score (nSPS) is 15.5. The van der Waals surface area contributed by atoms with Crippen LogP contribution in [0.1, 0.15) is 24.2 Å². The van der Waals surface area contributed by atoms with Gasteiger partial charge in [-0.15, -0.1) is 0 Å². The number of halogens is 2. The quantitative estimate of drug-likeness (QED) is 0.799. The summed E-state index contributed by atoms with van der Waals surface area (Å²) in [6.45, 7) is 6.02. The highest BCUT2D eigenvalue weighted by atomic mass is 79.9. The molecule has 1 saturated heterocycles. The van der Waals surface area contributed by atoms with Gasteiger partial charge in [0.25, 0.3) is 5.91 Å². The van der Waals surface area contributed by atoms with Crippen LogP contribution in [0.4, 0.5) is 0 Å². The fourth-order valence-corrected chi connectivity index (χ4v) is 2.89. The minimum Gasteiger partial charge on any atom is -0.339 e. The van der Waals surface area contributed by atoms with Crippen LogP contribution in [0.2, 0.25) is 5.02 Å². The molecular weight excluding hydrogens is 356 g/mol. The molecule has 0 N–H and O–H groups in total. The van der Waals surface area contributed by atoms with Crippen LogP contribution < -0.4 is 0 Å². The van der Waals surface area contributed by atoms with Crippen LogP contribution in [-0.4, -0.2) is 47.8 Å². The third kappa shape index (κ3) is 3.77. The monoisotopic (exact) mass is 372 g/mol. The van der Waals surface area contributed by atoms with Crippen molar-refractivity contribution in [3.05, 3.63) is 33.3 Å². The molecule has 0 bridgehead atoms. The number of amides is 2. The zero-order valence-electron chi connectivity index (χ0n) is 12.1. The molecule has 0 unspecified atom stereocenters. The van der Waals surface area contributed by atoms with Crippen molar-refractivity contribution >= 4 is 39.3 Å². The van der Waals surface area contributed by atoms with Gasteiger partial charge in [-0.25, -0.2) is 0 Å². The molecule has 0 aromatic heterocycles. The molecule has 6 heteroatoms. The van der Waals surface area contributed by atoms with Gasteiger partial charge in [0.1, 0.15) is 0 Å². The summed E-state index contributed by atoms with van der Waals surface area (Å²) in [7, 11) is 0. The highest BCUT2D eigenvalue weighted by molar-refractivity contribution is 9.10. The summed E-state index contributed by atoms with van der Waals surface area (Å²) in [6, 6.07) is 5.24. The van der Waals surface area contributed by atoms with E-state index < -0.39 is 0 Å². The maximum atomic E-state index is 12.5. The van der Waals surface area contributed by atoms with Crippen molar-refractivity contribution in [1.82, 2.24) is 9.80 Å². The van der Waals surface area contributed by atoms with Gasteiger partial charge < -0.3 is 9.80 Å². The topological polar surface area (TPSA) is 40.6 Å². The van der Waals surface area contributed by atoms with Gasteiger partial charge in [0.05, 0.1) is 10.6 Å². The number of benzene rings is 1. The first kappa shape index (κ1) is 16.3. The van der Waals surface area contributed by atoms with Crippen molar-refractivity contribution in [2.75, 3.05) is 26.2 Å². The Kier molecular flexibility index (Phi) is 5.27. The summed E-state index contributed by atoms with van der Waals surface area (Å²) in [6.07, 6.45) is 0. The molecule has 2 amide bonds. The molecule has 4 nitrogen and oxygen atoms in total. The van der Waals surface area contributed by atoms with Crippen LogP contribution in [0.5, 0.6) is 0 Å². The molecule has 2 rings (SSSR count). The van der Waals surface area contributed by atoms with E-state index in [1.807, 2.05) is 18.7 Å². The number of hydrogen-bond donors (Lipinski definition) is 0. The van der Waals surface area contributed by atoms with Gasteiger partial charge in [-0.1, -0.05) is 41.4 Å². The highest BCUT2D eigenvalue weighted by Gasteiger charge is 2.26. The minimum absolute atomic E-state index is 0.00762. The number of carbonyl (C=O) groups excluding carboxylic acids is 2. The largest absolute Gasteiger partial charge is 0.339 e. The van der Waals surface area contributed by atoms with Crippen LogP contribution in [-0.2, 0) is 4.79 Å². The molecular formula is C15H18BrClN2O2. The Bertz CT molecular complexity index is 555. The number of rotatable bonds is 2. The molecule has 0 atom stereocenters. The summed E-state index contributed by atoms with van der Waals surface area (Å²) in [5.41, 5.74) is 0.495. The Hall–Kier alpha value is -1.07. The van der Waals surface area contributed by atoms with Crippen molar-refractivity contribution in [2.24, 2.45) is 5.92 Å². The number of hydrogen-bond acceptors (Lipinski definition) is 2. The molecule has 1 aliphatic heterocycles. The van der Waals surface area contributed by atoms with Crippen molar-refractivity contribution in [3.8, 4) is 0 Å². The van der Waals surface area contributed by atoms with Crippen LogP contribution in [0.15, 0.2) is 22.7 Å². The maximum Gasteiger partial charge on any atom is 0.255 e. The van der Waals surface area contributed by atoms with E-state index in [0.717, 1.165) is 4.47 Å². The average Bonchev–Trinajstić information content (AvgIpc) is 2.48. The molecule has 0 aliphatic carbocycles. The van der Waals surface area contributed by atoms with Gasteiger partial charge in [0, 0.05) is 36.6 Å². The SMILES string of the molecule is CC(C)C(=O)N1CCN(C(=O)c2cc(Br)ccc2Cl)CC1. The third-order valence-electron chi connectivity index (χ3n) is 3.53. The Balaban J connectivity index is 2.03. The lowest BCUT2D eigenvalue weighted by Crippen LogP contribution is -2.51. The van der Waals surface area contributed by atoms with E-state index in [1.165, 1.54) is 0 Å². The molecule has 1 aliphatic rings. The highest BCUT2D eigenvalue weighted by Crippen LogP contribution is 2.23. The van der Waals surface area contributed by atoms with Gasteiger partial charge in [0.2, 0.25) is 5.91 Å². The van der Waals surface area contributed by atoms with Crippen molar-refractivity contribution in [3.63, 3.8) is 0 Å². The fraction of sp³-hybridized carbons (Fsp3) is 0.467. The first-order chi connectivity index (χ1) is 9.90. The molecule has 0 spiro atoms. The molecule has 1 aromatic carbocycles. The van der Waals surface area contributed by atoms with Crippen LogP contribution in [0.25, 0.3) is 0 Å². The summed E-state index contributed by atoms with van der Waals surface area (Å²) in [5.74, 6) is 0.0484. The van der Waals surface area contributed by atoms with Crippen LogP contribution >= 0.6 is 27.5 Å². The first-order valence-corrected chi connectivity index (χ1v) is 8.10. The van der Waals surface area contributed by atoms with Gasteiger partial charge in [0.15, 0.2) is 0 Å². The minimum atomic E-state index is -0.0852. The fourth-order valence-electron chi connectivity index (χ4n) is 2.33. The second-order valence-electron chi connectivity index (χ2n) is 5.40. The average molecular weight is 374 g/mol. The standard InChI is InChI=1S/C15H18BrClN2O2/c1-10(2)14(20)18-5-7-19(8-6-18)15(21)12-9-11(16)3-4-13(12)17/h3-4,9-10H,5-8H2,1-2H3. The third-order valence-corrected chi connectivity index (χ3v) is 4.35. The van der Waals surface area contributed by atoms with Crippen molar-refractivity contribution < 1.29 is 9.59 Å². The van der Waals surface area contributed by atoms with E-state index in [0.29, 0.717) is 36.8 Å². The zero-order chi connectivity index (χ0) is 15.6. The molecule has 1 aromatic rings. The summed E-state index contributed by atoms with van der Waals surface area (Å²) in [4.78, 5) is 28.0. The van der Waals surface area contributed by atoms with Crippen molar-refractivity contribution in [2.45, 2.75) is 13.8 Å². The van der Waals surface area contributed by atoms with E-state index in [2.05, 4.69) is 15.9 Å². The Labute approximate surface area is 138 Å². The van der Waals surface area contributed by atoms with E-state index >= 15 is 0 Å². The van der Waals surface area contributed by atoms with Crippen LogP contribution in [0.3, 0.4) is 0 Å². The Morgan fingerprint density at radius 3 is 2.29 bits per heavy atom. The predicted octanol–water partition coefficient (Wildman–Crippen LogP) is 3.04. The zero-order valence-corrected chi connectivity index (χ0v) is 14.4. The Morgan fingerprint density at radius 2 is 1.71 bits per heavy atom.